The molecule has 378 valence electrons. The predicted molar refractivity (Wildman–Crippen MR) is 266 cm³/mol. The van der Waals surface area contributed by atoms with Crippen molar-refractivity contribution in [2.45, 2.75) is 57.8 Å². The van der Waals surface area contributed by atoms with E-state index in [0.29, 0.717) is 37.9 Å². The lowest BCUT2D eigenvalue weighted by molar-refractivity contribution is -0.138. The number of ether oxygens (including phenoxy) is 8. The first-order valence-corrected chi connectivity index (χ1v) is 23.3. The minimum atomic E-state index is -0.885. The van der Waals surface area contributed by atoms with E-state index in [2.05, 4.69) is 19.7 Å². The van der Waals surface area contributed by atoms with Crippen LogP contribution in [-0.2, 0) is 23.9 Å². The van der Waals surface area contributed by atoms with Gasteiger partial charge >= 0.3 is 35.8 Å². The van der Waals surface area contributed by atoms with Gasteiger partial charge in [-0.15, -0.1) is 0 Å². The highest BCUT2D eigenvalue weighted by Gasteiger charge is 2.22. The molecule has 0 aromatic heterocycles. The van der Waals surface area contributed by atoms with E-state index in [-0.39, 0.29) is 50.8 Å². The van der Waals surface area contributed by atoms with Gasteiger partial charge in [0.15, 0.2) is 11.6 Å². The van der Waals surface area contributed by atoms with E-state index in [1.807, 2.05) is 0 Å². The molecule has 0 fully saturated rings. The Labute approximate surface area is 422 Å². The molecule has 16 nitrogen and oxygen atoms in total. The summed E-state index contributed by atoms with van der Waals surface area (Å²) in [5.74, 6) is -4.10. The Morgan fingerprint density at radius 1 is 0.370 bits per heavy atom. The zero-order valence-electron chi connectivity index (χ0n) is 40.0. The predicted octanol–water partition coefficient (Wildman–Crippen LogP) is 10.2. The number of allylic oxidation sites excluding steroid dienone is 1. The quantitative estimate of drug-likeness (QED) is 0.0105. The van der Waals surface area contributed by atoms with Crippen LogP contribution in [0.25, 0.3) is 0 Å². The van der Waals surface area contributed by atoms with Crippen LogP contribution in [0, 0.1) is 0 Å². The zero-order valence-corrected chi connectivity index (χ0v) is 40.0. The smallest absolute Gasteiger partial charge is 0.343 e. The van der Waals surface area contributed by atoms with Crippen LogP contribution in [0.2, 0.25) is 0 Å². The molecule has 0 spiro atoms. The van der Waals surface area contributed by atoms with Crippen molar-refractivity contribution in [3.63, 3.8) is 0 Å². The summed E-state index contributed by atoms with van der Waals surface area (Å²) in [5.41, 5.74) is 0.410. The summed E-state index contributed by atoms with van der Waals surface area (Å²) in [7, 11) is 0. The molecule has 0 aliphatic heterocycles. The van der Waals surface area contributed by atoms with Gasteiger partial charge in [-0.05, 0) is 173 Å². The van der Waals surface area contributed by atoms with E-state index >= 15 is 0 Å². The van der Waals surface area contributed by atoms with Crippen molar-refractivity contribution in [3.8, 4) is 34.5 Å². The van der Waals surface area contributed by atoms with Gasteiger partial charge < -0.3 is 37.9 Å². The number of carbonyl (C=O) groups is 8. The van der Waals surface area contributed by atoms with E-state index in [1.54, 1.807) is 48.5 Å². The highest BCUT2D eigenvalue weighted by atomic mass is 16.6. The molecule has 0 saturated carbocycles. The third-order valence-electron chi connectivity index (χ3n) is 10.4. The highest BCUT2D eigenvalue weighted by Crippen LogP contribution is 2.29. The molecular weight excluding hydrogens is 941 g/mol. The summed E-state index contributed by atoms with van der Waals surface area (Å²) >= 11 is 0. The van der Waals surface area contributed by atoms with Crippen molar-refractivity contribution in [1.29, 1.82) is 0 Å². The molecule has 0 saturated heterocycles. The second kappa shape index (κ2) is 29.3. The van der Waals surface area contributed by atoms with Gasteiger partial charge in [0.05, 0.1) is 60.7 Å². The summed E-state index contributed by atoms with van der Waals surface area (Å²) in [4.78, 5) is 99.8. The Balaban J connectivity index is 1.10. The van der Waals surface area contributed by atoms with Crippen molar-refractivity contribution in [1.82, 2.24) is 0 Å². The molecule has 0 bridgehead atoms. The van der Waals surface area contributed by atoms with Gasteiger partial charge in [0, 0.05) is 12.2 Å². The number of hydrogen-bond donors (Lipinski definition) is 0. The Morgan fingerprint density at radius 3 is 1.10 bits per heavy atom. The largest absolute Gasteiger partial charge is 0.494 e. The first-order valence-electron chi connectivity index (χ1n) is 23.3. The number of Topliss-reactive ketones (excluding diaryl/α,β-unsaturated/α-hetero) is 1. The van der Waals surface area contributed by atoms with Gasteiger partial charge in [-0.3, -0.25) is 9.59 Å². The molecule has 73 heavy (non-hydrogen) atoms. The van der Waals surface area contributed by atoms with Crippen LogP contribution in [0.4, 0.5) is 0 Å². The summed E-state index contributed by atoms with van der Waals surface area (Å²) in [6.45, 7) is 11.8. The summed E-state index contributed by atoms with van der Waals surface area (Å²) in [6.07, 6.45) is 9.25. The van der Waals surface area contributed by atoms with Gasteiger partial charge in [0.1, 0.15) is 34.5 Å². The summed E-state index contributed by atoms with van der Waals surface area (Å²) in [5, 5.41) is 0. The molecular formula is C57H54O16. The van der Waals surface area contributed by atoms with Crippen molar-refractivity contribution in [2.24, 2.45) is 0 Å². The van der Waals surface area contributed by atoms with E-state index in [0.717, 1.165) is 69.6 Å². The Morgan fingerprint density at radius 2 is 0.712 bits per heavy atom. The minimum absolute atomic E-state index is 0.0350. The fraction of sp³-hybridized carbons (Fsp3) is 0.228. The van der Waals surface area contributed by atoms with Crippen LogP contribution in [0.5, 0.6) is 34.5 Å². The van der Waals surface area contributed by atoms with E-state index < -0.39 is 53.8 Å². The SMILES string of the molecule is C=CC(=O)CC(=O)c1cc(OC(=O)c2ccc(OC(=O)c3ccc(OCCCCCCOC(=O)C=C)cc3)cc2)ccc1OC(=O)c1ccc(OC(=O)c2ccc(OCCCCCCOC(=O)C=C)cc2)cc1. The third kappa shape index (κ3) is 18.7. The molecule has 0 aliphatic carbocycles. The third-order valence-corrected chi connectivity index (χ3v) is 10.4. The number of unbranched alkanes of at least 4 members (excludes halogenated alkanes) is 6. The topological polar surface area (TPSA) is 210 Å². The molecule has 16 heteroatoms. The standard InChI is InChI=1S/C57H54O16/c1-4-43(58)37-50(59)49-38-48(72-56(64)41-19-27-46(28-20-41)70-54(62)39-15-23-44(24-16-39)66-33-11-7-9-13-35-68-52(60)5-2)31-32-51(49)73-57(65)42-21-29-47(30-22-42)71-55(63)40-17-25-45(26-18-40)67-34-12-8-10-14-36-69-53(61)6-3/h4-6,15-32,38H,1-3,7-14,33-37H2. The Kier molecular flexibility index (Phi) is 22.1. The van der Waals surface area contributed by atoms with E-state index in [4.69, 9.17) is 37.9 Å². The molecule has 0 aliphatic rings. The number of ketones is 2. The molecule has 0 amide bonds. The first-order chi connectivity index (χ1) is 35.3. The van der Waals surface area contributed by atoms with Gasteiger partial charge in [-0.1, -0.05) is 19.7 Å². The van der Waals surface area contributed by atoms with Crippen molar-refractivity contribution in [2.75, 3.05) is 26.4 Å². The second-order valence-electron chi connectivity index (χ2n) is 15.9. The molecule has 0 N–H and O–H groups in total. The lowest BCUT2D eigenvalue weighted by Gasteiger charge is -2.12. The Hall–Kier alpha value is -8.92. The first kappa shape index (κ1) is 55.0. The normalized spacial score (nSPS) is 10.4. The van der Waals surface area contributed by atoms with Crippen LogP contribution in [0.15, 0.2) is 153 Å². The van der Waals surface area contributed by atoms with Crippen LogP contribution in [0.3, 0.4) is 0 Å². The van der Waals surface area contributed by atoms with E-state index in [9.17, 15) is 38.4 Å². The van der Waals surface area contributed by atoms with Gasteiger partial charge in [0.25, 0.3) is 0 Å². The monoisotopic (exact) mass is 994 g/mol. The maximum absolute atomic E-state index is 13.3. The maximum atomic E-state index is 13.3. The zero-order chi connectivity index (χ0) is 52.4. The average molecular weight is 995 g/mol. The molecule has 0 unspecified atom stereocenters. The van der Waals surface area contributed by atoms with Gasteiger partial charge in [-0.2, -0.15) is 0 Å². The molecule has 5 rings (SSSR count). The summed E-state index contributed by atoms with van der Waals surface area (Å²) in [6, 6.07) is 27.6. The maximum Gasteiger partial charge on any atom is 0.343 e. The number of rotatable bonds is 30. The van der Waals surface area contributed by atoms with E-state index in [1.165, 1.54) is 66.7 Å². The Bertz CT molecular complexity index is 2740. The lowest BCUT2D eigenvalue weighted by atomic mass is 10.0. The van der Waals surface area contributed by atoms with Crippen molar-refractivity contribution in [3.05, 3.63) is 181 Å². The molecule has 0 heterocycles. The van der Waals surface area contributed by atoms with Gasteiger partial charge in [-0.25, -0.2) is 28.8 Å². The highest BCUT2D eigenvalue weighted by molar-refractivity contribution is 6.13. The second-order valence-corrected chi connectivity index (χ2v) is 15.9. The molecule has 5 aromatic carbocycles. The average Bonchev–Trinajstić information content (AvgIpc) is 3.40. The van der Waals surface area contributed by atoms with Crippen LogP contribution < -0.4 is 28.4 Å². The number of esters is 6. The van der Waals surface area contributed by atoms with Crippen LogP contribution in [-0.4, -0.2) is 73.8 Å². The van der Waals surface area contributed by atoms with Crippen LogP contribution >= 0.6 is 0 Å². The number of carbonyl (C=O) groups excluding carboxylic acids is 8. The fourth-order valence-corrected chi connectivity index (χ4v) is 6.51. The van der Waals surface area contributed by atoms with Gasteiger partial charge in [0.2, 0.25) is 0 Å². The molecule has 0 radical (unpaired) electrons. The fourth-order valence-electron chi connectivity index (χ4n) is 6.51. The molecule has 0 atom stereocenters. The number of benzene rings is 5. The van der Waals surface area contributed by atoms with Crippen LogP contribution in [0.1, 0.15) is 110 Å². The number of hydrogen-bond acceptors (Lipinski definition) is 16. The van der Waals surface area contributed by atoms with Crippen molar-refractivity contribution < 1.29 is 76.3 Å². The minimum Gasteiger partial charge on any atom is -0.494 e. The van der Waals surface area contributed by atoms with Crippen molar-refractivity contribution >= 4 is 47.4 Å². The summed E-state index contributed by atoms with van der Waals surface area (Å²) < 4.78 is 43.4. The lowest BCUT2D eigenvalue weighted by Crippen LogP contribution is -2.14. The molecule has 5 aromatic rings.